The fourth-order valence-electron chi connectivity index (χ4n) is 3.46. The Morgan fingerprint density at radius 1 is 1.13 bits per heavy atom. The van der Waals surface area contributed by atoms with Gasteiger partial charge in [-0.2, -0.15) is 0 Å². The molecule has 0 aliphatic carbocycles. The minimum absolute atomic E-state index is 0.130. The van der Waals surface area contributed by atoms with Crippen molar-refractivity contribution in [2.45, 2.75) is 51.3 Å². The van der Waals surface area contributed by atoms with Gasteiger partial charge in [0.05, 0.1) is 16.7 Å². The van der Waals surface area contributed by atoms with E-state index in [0.717, 1.165) is 22.3 Å². The van der Waals surface area contributed by atoms with Crippen molar-refractivity contribution in [2.75, 3.05) is 0 Å². The molecule has 0 aliphatic heterocycles. The van der Waals surface area contributed by atoms with Crippen LogP contribution in [0.4, 0.5) is 0 Å². The maximum absolute atomic E-state index is 12.3. The molecule has 0 saturated heterocycles. The first-order valence-electron chi connectivity index (χ1n) is 10.2. The van der Waals surface area contributed by atoms with Crippen LogP contribution in [-0.4, -0.2) is 24.7 Å². The molecule has 160 valence electrons. The summed E-state index contributed by atoms with van der Waals surface area (Å²) in [6.45, 7) is 8.61. The normalized spacial score (nSPS) is 11.4. The molecule has 0 bridgehead atoms. The monoisotopic (exact) mass is 435 g/mol. The molecule has 0 atom stereocenters. The van der Waals surface area contributed by atoms with Crippen LogP contribution in [0.15, 0.2) is 52.4 Å². The van der Waals surface area contributed by atoms with Crippen molar-refractivity contribution in [3.05, 3.63) is 75.6 Å². The molecule has 2 aromatic carbocycles. The second kappa shape index (κ2) is 8.93. The highest BCUT2D eigenvalue weighted by Crippen LogP contribution is 2.26. The number of rotatable bonds is 7. The number of hydrogen-bond acceptors (Lipinski definition) is 6. The SMILES string of the molecule is Cc1ccc(OCc2nnc(SCc3nc4ccccc4c(=O)[nH]3)n2C(C)C)c(C)c1. The van der Waals surface area contributed by atoms with E-state index in [2.05, 4.69) is 51.6 Å². The average molecular weight is 436 g/mol. The van der Waals surface area contributed by atoms with Gasteiger partial charge in [-0.3, -0.25) is 4.79 Å². The molecule has 4 rings (SSSR count). The van der Waals surface area contributed by atoms with Crippen molar-refractivity contribution in [2.24, 2.45) is 0 Å². The van der Waals surface area contributed by atoms with Crippen LogP contribution in [0.25, 0.3) is 10.9 Å². The second-order valence-corrected chi connectivity index (χ2v) is 8.68. The predicted molar refractivity (Wildman–Crippen MR) is 123 cm³/mol. The molecule has 31 heavy (non-hydrogen) atoms. The third-order valence-electron chi connectivity index (χ3n) is 4.94. The molecule has 0 unspecified atom stereocenters. The molecular formula is C23H25N5O2S. The predicted octanol–water partition coefficient (Wildman–Crippen LogP) is 4.58. The van der Waals surface area contributed by atoms with Crippen molar-refractivity contribution < 1.29 is 4.74 Å². The standard InChI is InChI=1S/C23H25N5O2S/c1-14(2)28-21(12-30-19-10-9-15(3)11-16(19)4)26-27-23(28)31-13-20-24-18-8-6-5-7-17(18)22(29)25-20/h5-11,14H,12-13H2,1-4H3,(H,24,25,29). The molecule has 1 N–H and O–H groups in total. The largest absolute Gasteiger partial charge is 0.485 e. The number of aromatic amines is 1. The van der Waals surface area contributed by atoms with E-state index in [0.29, 0.717) is 29.1 Å². The van der Waals surface area contributed by atoms with Gasteiger partial charge in [0.15, 0.2) is 11.0 Å². The lowest BCUT2D eigenvalue weighted by molar-refractivity contribution is 0.282. The third-order valence-corrected chi connectivity index (χ3v) is 5.89. The lowest BCUT2D eigenvalue weighted by atomic mass is 10.1. The Labute approximate surface area is 184 Å². The van der Waals surface area contributed by atoms with E-state index < -0.39 is 0 Å². The van der Waals surface area contributed by atoms with E-state index in [-0.39, 0.29) is 11.6 Å². The Kier molecular flexibility index (Phi) is 6.08. The molecule has 0 amide bonds. The smallest absolute Gasteiger partial charge is 0.258 e. The number of thioether (sulfide) groups is 1. The molecule has 2 aromatic heterocycles. The summed E-state index contributed by atoms with van der Waals surface area (Å²) in [6.07, 6.45) is 0. The van der Waals surface area contributed by atoms with Gasteiger partial charge in [-0.1, -0.05) is 41.6 Å². The fourth-order valence-corrected chi connectivity index (χ4v) is 4.42. The van der Waals surface area contributed by atoms with E-state index in [1.165, 1.54) is 17.3 Å². The maximum atomic E-state index is 12.3. The van der Waals surface area contributed by atoms with Crippen LogP contribution in [-0.2, 0) is 12.4 Å². The summed E-state index contributed by atoms with van der Waals surface area (Å²) in [5.74, 6) is 2.71. The van der Waals surface area contributed by atoms with Crippen molar-refractivity contribution in [3.63, 3.8) is 0 Å². The Bertz CT molecular complexity index is 1280. The van der Waals surface area contributed by atoms with E-state index in [9.17, 15) is 4.79 Å². The lowest BCUT2D eigenvalue weighted by Crippen LogP contribution is -2.12. The molecular weight excluding hydrogens is 410 g/mol. The number of aromatic nitrogens is 5. The maximum Gasteiger partial charge on any atom is 0.258 e. The summed E-state index contributed by atoms with van der Waals surface area (Å²) >= 11 is 1.49. The number of para-hydroxylation sites is 1. The molecule has 0 radical (unpaired) electrons. The summed E-state index contributed by atoms with van der Waals surface area (Å²) in [7, 11) is 0. The number of benzene rings is 2. The highest BCUT2D eigenvalue weighted by Gasteiger charge is 2.17. The Morgan fingerprint density at radius 2 is 1.94 bits per heavy atom. The number of H-pyrrole nitrogens is 1. The minimum atomic E-state index is -0.130. The molecule has 0 aliphatic rings. The van der Waals surface area contributed by atoms with Gasteiger partial charge < -0.3 is 14.3 Å². The molecule has 4 aromatic rings. The molecule has 8 heteroatoms. The van der Waals surface area contributed by atoms with Crippen LogP contribution >= 0.6 is 11.8 Å². The quantitative estimate of drug-likeness (QED) is 0.428. The topological polar surface area (TPSA) is 85.7 Å². The Balaban J connectivity index is 1.51. The first kappa shape index (κ1) is 21.1. The molecule has 0 spiro atoms. The third kappa shape index (κ3) is 4.64. The van der Waals surface area contributed by atoms with Gasteiger partial charge in [0.25, 0.3) is 5.56 Å². The first-order chi connectivity index (χ1) is 14.9. The summed E-state index contributed by atoms with van der Waals surface area (Å²) in [5, 5.41) is 10.1. The van der Waals surface area contributed by atoms with Crippen LogP contribution in [0.2, 0.25) is 0 Å². The van der Waals surface area contributed by atoms with Crippen LogP contribution < -0.4 is 10.3 Å². The van der Waals surface area contributed by atoms with Crippen LogP contribution in [0.1, 0.15) is 42.7 Å². The van der Waals surface area contributed by atoms with Crippen LogP contribution in [0.3, 0.4) is 0 Å². The number of hydrogen-bond donors (Lipinski definition) is 1. The van der Waals surface area contributed by atoms with E-state index in [1.807, 2.05) is 37.3 Å². The highest BCUT2D eigenvalue weighted by molar-refractivity contribution is 7.98. The number of aryl methyl sites for hydroxylation is 2. The van der Waals surface area contributed by atoms with Crippen molar-refractivity contribution in [1.29, 1.82) is 0 Å². The molecule has 0 saturated carbocycles. The second-order valence-electron chi connectivity index (χ2n) is 7.74. The van der Waals surface area contributed by atoms with Crippen LogP contribution in [0.5, 0.6) is 5.75 Å². The summed E-state index contributed by atoms with van der Waals surface area (Å²) < 4.78 is 8.08. The highest BCUT2D eigenvalue weighted by atomic mass is 32.2. The molecule has 7 nitrogen and oxygen atoms in total. The summed E-state index contributed by atoms with van der Waals surface area (Å²) in [6, 6.07) is 13.6. The number of ether oxygens (including phenoxy) is 1. The van der Waals surface area contributed by atoms with Crippen molar-refractivity contribution in [1.82, 2.24) is 24.7 Å². The van der Waals surface area contributed by atoms with Crippen molar-refractivity contribution in [3.8, 4) is 5.75 Å². The molecule has 2 heterocycles. The minimum Gasteiger partial charge on any atom is -0.485 e. The van der Waals surface area contributed by atoms with Gasteiger partial charge in [-0.15, -0.1) is 10.2 Å². The summed E-state index contributed by atoms with van der Waals surface area (Å²) in [4.78, 5) is 19.7. The van der Waals surface area contributed by atoms with Gasteiger partial charge in [-0.05, 0) is 51.5 Å². The van der Waals surface area contributed by atoms with E-state index in [1.54, 1.807) is 6.07 Å². The lowest BCUT2D eigenvalue weighted by Gasteiger charge is -2.15. The molecule has 0 fully saturated rings. The van der Waals surface area contributed by atoms with E-state index >= 15 is 0 Å². The fraction of sp³-hybridized carbons (Fsp3) is 0.304. The number of nitrogens with one attached hydrogen (secondary N) is 1. The average Bonchev–Trinajstić information content (AvgIpc) is 3.15. The van der Waals surface area contributed by atoms with Crippen LogP contribution in [0, 0.1) is 13.8 Å². The van der Waals surface area contributed by atoms with Gasteiger partial charge in [0, 0.05) is 6.04 Å². The zero-order chi connectivity index (χ0) is 22.0. The van der Waals surface area contributed by atoms with Gasteiger partial charge in [0.1, 0.15) is 18.2 Å². The summed E-state index contributed by atoms with van der Waals surface area (Å²) in [5.41, 5.74) is 2.86. The number of nitrogens with zero attached hydrogens (tertiary/aromatic N) is 4. The zero-order valence-corrected chi connectivity index (χ0v) is 18.9. The van der Waals surface area contributed by atoms with E-state index in [4.69, 9.17) is 4.74 Å². The number of fused-ring (bicyclic) bond motifs is 1. The van der Waals surface area contributed by atoms with Crippen molar-refractivity contribution >= 4 is 22.7 Å². The van der Waals surface area contributed by atoms with Gasteiger partial charge in [0.2, 0.25) is 0 Å². The zero-order valence-electron chi connectivity index (χ0n) is 18.0. The van der Waals surface area contributed by atoms with Gasteiger partial charge >= 0.3 is 0 Å². The van der Waals surface area contributed by atoms with Gasteiger partial charge in [-0.25, -0.2) is 4.98 Å². The first-order valence-corrected chi connectivity index (χ1v) is 11.2. The Hall–Kier alpha value is -3.13. The Morgan fingerprint density at radius 3 is 2.71 bits per heavy atom.